The third kappa shape index (κ3) is 5.94. The minimum atomic E-state index is -4.16. The maximum Gasteiger partial charge on any atom is 0.314 e. The Morgan fingerprint density at radius 2 is 1.73 bits per heavy atom. The van der Waals surface area contributed by atoms with Crippen molar-refractivity contribution in [1.82, 2.24) is 19.4 Å². The maximum absolute atomic E-state index is 15.1. The highest BCUT2D eigenvalue weighted by molar-refractivity contribution is 7.90. The van der Waals surface area contributed by atoms with Crippen molar-refractivity contribution in [2.24, 2.45) is 0 Å². The van der Waals surface area contributed by atoms with Gasteiger partial charge in [0, 0.05) is 42.8 Å². The summed E-state index contributed by atoms with van der Waals surface area (Å²) in [7, 11) is -4.16. The van der Waals surface area contributed by atoms with Crippen molar-refractivity contribution in [2.75, 3.05) is 30.5 Å². The van der Waals surface area contributed by atoms with Crippen LogP contribution >= 0.6 is 0 Å². The predicted octanol–water partition coefficient (Wildman–Crippen LogP) is 4.62. The number of benzene rings is 2. The molecule has 1 fully saturated rings. The molecule has 13 heteroatoms. The minimum Gasteiger partial charge on any atom is -0.415 e. The number of rotatable bonds is 7. The fourth-order valence-electron chi connectivity index (χ4n) is 4.07. The lowest BCUT2D eigenvalue weighted by atomic mass is 10.1. The van der Waals surface area contributed by atoms with Crippen LogP contribution in [0.25, 0.3) is 11.5 Å². The molecule has 0 bridgehead atoms. The zero-order valence-electron chi connectivity index (χ0n) is 20.5. The molecule has 2 aromatic carbocycles. The van der Waals surface area contributed by atoms with Crippen molar-refractivity contribution < 1.29 is 30.4 Å². The van der Waals surface area contributed by atoms with Crippen molar-refractivity contribution in [3.63, 3.8) is 0 Å². The Morgan fingerprint density at radius 1 is 1.03 bits per heavy atom. The quantitative estimate of drug-likeness (QED) is 0.406. The van der Waals surface area contributed by atoms with Crippen LogP contribution in [0.5, 0.6) is 0 Å². The number of halogens is 4. The molecule has 8 nitrogen and oxygen atoms in total. The first-order valence-corrected chi connectivity index (χ1v) is 12.9. The van der Waals surface area contributed by atoms with Crippen molar-refractivity contribution in [1.29, 1.82) is 0 Å². The Labute approximate surface area is 212 Å². The molecule has 1 saturated heterocycles. The minimum absolute atomic E-state index is 0.0153. The smallest absolute Gasteiger partial charge is 0.314 e. The third-order valence-electron chi connectivity index (χ3n) is 6.13. The van der Waals surface area contributed by atoms with Gasteiger partial charge < -0.3 is 4.42 Å². The summed E-state index contributed by atoms with van der Waals surface area (Å²) in [4.78, 5) is 2.17. The lowest BCUT2D eigenvalue weighted by molar-refractivity contribution is 0.0920. The lowest BCUT2D eigenvalue weighted by Gasteiger charge is -2.43. The predicted molar refractivity (Wildman–Crippen MR) is 129 cm³/mol. The number of hydrogen-bond donors (Lipinski definition) is 0. The molecule has 1 aliphatic heterocycles. The summed E-state index contributed by atoms with van der Waals surface area (Å²) in [5.74, 6) is -2.65. The van der Waals surface area contributed by atoms with Crippen LogP contribution in [0.1, 0.15) is 38.7 Å². The first-order valence-electron chi connectivity index (χ1n) is 11.5. The van der Waals surface area contributed by atoms with E-state index >= 15 is 4.39 Å². The molecular formula is C24H27F4N5O3S. The lowest BCUT2D eigenvalue weighted by Crippen LogP contribution is -2.57. The van der Waals surface area contributed by atoms with Crippen molar-refractivity contribution in [3.8, 4) is 11.5 Å². The summed E-state index contributed by atoms with van der Waals surface area (Å²) < 4.78 is 89.2. The van der Waals surface area contributed by atoms with Crippen LogP contribution in [-0.4, -0.2) is 59.5 Å². The molecule has 0 N–H and O–H groups in total. The molecule has 37 heavy (non-hydrogen) atoms. The highest BCUT2D eigenvalue weighted by Gasteiger charge is 2.35. The van der Waals surface area contributed by atoms with Crippen LogP contribution < -0.4 is 4.31 Å². The van der Waals surface area contributed by atoms with Gasteiger partial charge in [-0.25, -0.2) is 8.78 Å². The van der Waals surface area contributed by atoms with Gasteiger partial charge in [-0.05, 0) is 51.1 Å². The number of nitrogens with zero attached hydrogens (tertiary/aromatic N) is 5. The molecular weight excluding hydrogens is 514 g/mol. The topological polar surface area (TPSA) is 82.8 Å². The molecule has 0 radical (unpaired) electrons. The van der Waals surface area contributed by atoms with E-state index in [0.717, 1.165) is 16.4 Å². The average Bonchev–Trinajstić information content (AvgIpc) is 3.33. The van der Waals surface area contributed by atoms with Crippen LogP contribution in [0, 0.1) is 11.6 Å². The molecule has 0 unspecified atom stereocenters. The van der Waals surface area contributed by atoms with Gasteiger partial charge in [0.2, 0.25) is 5.89 Å². The summed E-state index contributed by atoms with van der Waals surface area (Å²) in [6, 6.07) is 8.72. The van der Waals surface area contributed by atoms with E-state index in [2.05, 4.69) is 15.1 Å². The van der Waals surface area contributed by atoms with Gasteiger partial charge in [0.1, 0.15) is 11.6 Å². The molecule has 2 heterocycles. The van der Waals surface area contributed by atoms with E-state index in [0.29, 0.717) is 13.1 Å². The van der Waals surface area contributed by atoms with E-state index in [4.69, 9.17) is 4.42 Å². The number of aromatic nitrogens is 2. The summed E-state index contributed by atoms with van der Waals surface area (Å²) in [6.45, 7) is 7.17. The number of anilines is 1. The molecule has 0 amide bonds. The van der Waals surface area contributed by atoms with Gasteiger partial charge >= 0.3 is 16.6 Å². The molecule has 200 valence electrons. The fraction of sp³-hybridized carbons (Fsp3) is 0.417. The Morgan fingerprint density at radius 3 is 2.30 bits per heavy atom. The second-order valence-corrected chi connectivity index (χ2v) is 11.5. The van der Waals surface area contributed by atoms with Gasteiger partial charge in [-0.3, -0.25) is 9.21 Å². The summed E-state index contributed by atoms with van der Waals surface area (Å²) in [5.41, 5.74) is -0.0462. The van der Waals surface area contributed by atoms with Crippen LogP contribution in [0.15, 0.2) is 46.9 Å². The number of piperazine rings is 1. The standard InChI is InChI=1S/C24H27F4N5O3S/c1-24(2,3)31-9-11-32(12-10-31)37(34,35)33(19-6-4-5-18(25)14-19)15-17-8-7-16(13-20(17)26)22-29-30-23(36-22)21(27)28/h4-8,13-14,21H,9-12,15H2,1-3H3. The Balaban J connectivity index is 1.63. The first kappa shape index (κ1) is 27.0. The van der Waals surface area contributed by atoms with E-state index in [1.54, 1.807) is 0 Å². The van der Waals surface area contributed by atoms with Gasteiger partial charge in [-0.1, -0.05) is 12.1 Å². The SMILES string of the molecule is CC(C)(C)N1CCN(S(=O)(=O)N(Cc2ccc(-c3nnc(C(F)F)o3)cc2F)c2cccc(F)c2)CC1. The van der Waals surface area contributed by atoms with Crippen LogP contribution in [-0.2, 0) is 16.8 Å². The first-order chi connectivity index (χ1) is 17.4. The maximum atomic E-state index is 15.1. The molecule has 0 saturated carbocycles. The summed E-state index contributed by atoms with van der Waals surface area (Å²) in [5, 5.41) is 6.72. The van der Waals surface area contributed by atoms with Gasteiger partial charge in [-0.2, -0.15) is 21.5 Å². The van der Waals surface area contributed by atoms with E-state index in [9.17, 15) is 21.6 Å². The van der Waals surface area contributed by atoms with Gasteiger partial charge in [0.15, 0.2) is 0 Å². The van der Waals surface area contributed by atoms with Crippen molar-refractivity contribution >= 4 is 15.9 Å². The number of alkyl halides is 2. The van der Waals surface area contributed by atoms with E-state index in [-0.39, 0.29) is 41.3 Å². The van der Waals surface area contributed by atoms with E-state index in [1.807, 2.05) is 20.8 Å². The molecule has 1 aromatic heterocycles. The monoisotopic (exact) mass is 541 g/mol. The fourth-order valence-corrected chi connectivity index (χ4v) is 5.65. The van der Waals surface area contributed by atoms with Crippen LogP contribution in [0.2, 0.25) is 0 Å². The highest BCUT2D eigenvalue weighted by Crippen LogP contribution is 2.29. The number of hydrogen-bond acceptors (Lipinski definition) is 6. The molecule has 4 rings (SSSR count). The molecule has 0 atom stereocenters. The summed E-state index contributed by atoms with van der Waals surface area (Å²) >= 11 is 0. The van der Waals surface area contributed by atoms with Crippen molar-refractivity contribution in [2.45, 2.75) is 39.3 Å². The molecule has 0 spiro atoms. The highest BCUT2D eigenvalue weighted by atomic mass is 32.2. The summed E-state index contributed by atoms with van der Waals surface area (Å²) in [6.07, 6.45) is -2.97. The third-order valence-corrected chi connectivity index (χ3v) is 8.04. The zero-order valence-corrected chi connectivity index (χ0v) is 21.4. The second kappa shape index (κ2) is 10.4. The normalized spacial score (nSPS) is 15.9. The van der Waals surface area contributed by atoms with Crippen LogP contribution in [0.4, 0.5) is 23.2 Å². The average molecular weight is 542 g/mol. The largest absolute Gasteiger partial charge is 0.415 e. The second-order valence-electron chi connectivity index (χ2n) is 9.60. The molecule has 3 aromatic rings. The van der Waals surface area contributed by atoms with Gasteiger partial charge in [0.25, 0.3) is 5.89 Å². The Hall–Kier alpha value is -3.03. The van der Waals surface area contributed by atoms with Gasteiger partial charge in [0.05, 0.1) is 12.2 Å². The van der Waals surface area contributed by atoms with E-state index < -0.39 is 40.7 Å². The molecule has 1 aliphatic rings. The zero-order chi connectivity index (χ0) is 27.0. The van der Waals surface area contributed by atoms with Crippen molar-refractivity contribution in [3.05, 3.63) is 65.6 Å². The molecule has 0 aliphatic carbocycles. The Kier molecular flexibility index (Phi) is 7.58. The van der Waals surface area contributed by atoms with Crippen LogP contribution in [0.3, 0.4) is 0 Å². The van der Waals surface area contributed by atoms with Gasteiger partial charge in [-0.15, -0.1) is 10.2 Å². The van der Waals surface area contributed by atoms with E-state index in [1.165, 1.54) is 34.6 Å². The Bertz CT molecular complexity index is 1350.